The SMILES string of the molecule is CCOC(=O)c1sc(N(C)C)nc1Cc1ccc(CC(=O)CC2=CC2)cc1. The third-order valence-corrected chi connectivity index (χ3v) is 5.49. The first-order valence-electron chi connectivity index (χ1n) is 9.07. The van der Waals surface area contributed by atoms with Gasteiger partial charge in [0.25, 0.3) is 0 Å². The van der Waals surface area contributed by atoms with Crippen molar-refractivity contribution in [1.29, 1.82) is 0 Å². The Morgan fingerprint density at radius 3 is 2.41 bits per heavy atom. The van der Waals surface area contributed by atoms with Gasteiger partial charge < -0.3 is 9.64 Å². The number of anilines is 1. The molecule has 6 heteroatoms. The van der Waals surface area contributed by atoms with Crippen LogP contribution in [0.2, 0.25) is 0 Å². The van der Waals surface area contributed by atoms with Gasteiger partial charge in [-0.3, -0.25) is 4.79 Å². The van der Waals surface area contributed by atoms with E-state index in [1.807, 2.05) is 43.3 Å². The van der Waals surface area contributed by atoms with E-state index in [-0.39, 0.29) is 11.8 Å². The largest absolute Gasteiger partial charge is 0.462 e. The van der Waals surface area contributed by atoms with Crippen molar-refractivity contribution in [3.8, 4) is 0 Å². The fourth-order valence-corrected chi connectivity index (χ4v) is 3.63. The lowest BCUT2D eigenvalue weighted by atomic mass is 10.0. The maximum Gasteiger partial charge on any atom is 0.350 e. The Morgan fingerprint density at radius 1 is 1.15 bits per heavy atom. The van der Waals surface area contributed by atoms with E-state index in [9.17, 15) is 9.59 Å². The number of nitrogens with zero attached hydrogens (tertiary/aromatic N) is 2. The van der Waals surface area contributed by atoms with E-state index in [4.69, 9.17) is 4.74 Å². The van der Waals surface area contributed by atoms with E-state index in [2.05, 4.69) is 11.1 Å². The first-order valence-corrected chi connectivity index (χ1v) is 9.89. The van der Waals surface area contributed by atoms with E-state index < -0.39 is 0 Å². The van der Waals surface area contributed by atoms with E-state index >= 15 is 0 Å². The summed E-state index contributed by atoms with van der Waals surface area (Å²) < 4.78 is 5.17. The zero-order chi connectivity index (χ0) is 19.4. The summed E-state index contributed by atoms with van der Waals surface area (Å²) in [6.07, 6.45) is 4.69. The minimum absolute atomic E-state index is 0.256. The Morgan fingerprint density at radius 2 is 1.81 bits per heavy atom. The minimum Gasteiger partial charge on any atom is -0.462 e. The quantitative estimate of drug-likeness (QED) is 0.486. The molecule has 0 saturated carbocycles. The molecule has 2 aromatic rings. The molecule has 142 valence electrons. The van der Waals surface area contributed by atoms with E-state index in [1.54, 1.807) is 6.92 Å². The van der Waals surface area contributed by atoms with Crippen LogP contribution in [-0.2, 0) is 22.4 Å². The highest BCUT2D eigenvalue weighted by Crippen LogP contribution is 2.28. The zero-order valence-corrected chi connectivity index (χ0v) is 16.8. The number of ether oxygens (including phenoxy) is 1. The van der Waals surface area contributed by atoms with E-state index in [0.717, 1.165) is 28.4 Å². The molecular weight excluding hydrogens is 360 g/mol. The van der Waals surface area contributed by atoms with Crippen molar-refractivity contribution < 1.29 is 14.3 Å². The molecule has 1 aliphatic carbocycles. The fourth-order valence-electron chi connectivity index (χ4n) is 2.73. The molecule has 0 fully saturated rings. The number of hydrogen-bond acceptors (Lipinski definition) is 6. The number of carbonyl (C=O) groups is 2. The van der Waals surface area contributed by atoms with Gasteiger partial charge in [-0.15, -0.1) is 0 Å². The number of esters is 1. The topological polar surface area (TPSA) is 59.5 Å². The van der Waals surface area contributed by atoms with Crippen LogP contribution in [0.4, 0.5) is 5.13 Å². The second-order valence-corrected chi connectivity index (χ2v) is 7.82. The molecule has 1 aromatic heterocycles. The molecule has 1 aromatic carbocycles. The second-order valence-electron chi connectivity index (χ2n) is 6.84. The Hall–Kier alpha value is -2.47. The van der Waals surface area contributed by atoms with Crippen LogP contribution in [0.1, 0.15) is 46.3 Å². The maximum absolute atomic E-state index is 12.2. The Bertz CT molecular complexity index is 866. The highest BCUT2D eigenvalue weighted by molar-refractivity contribution is 7.17. The number of benzene rings is 1. The molecule has 0 N–H and O–H groups in total. The highest BCUT2D eigenvalue weighted by Gasteiger charge is 2.20. The Kier molecular flexibility index (Phi) is 6.06. The third-order valence-electron chi connectivity index (χ3n) is 4.24. The molecule has 0 radical (unpaired) electrons. The predicted molar refractivity (Wildman–Crippen MR) is 108 cm³/mol. The lowest BCUT2D eigenvalue weighted by molar-refractivity contribution is -0.117. The van der Waals surface area contributed by atoms with Gasteiger partial charge >= 0.3 is 5.97 Å². The van der Waals surface area contributed by atoms with Crippen molar-refractivity contribution in [3.05, 3.63) is 57.6 Å². The van der Waals surface area contributed by atoms with Gasteiger partial charge in [-0.2, -0.15) is 0 Å². The summed E-state index contributed by atoms with van der Waals surface area (Å²) >= 11 is 1.35. The summed E-state index contributed by atoms with van der Waals surface area (Å²) in [6, 6.07) is 7.97. The van der Waals surface area contributed by atoms with Crippen molar-refractivity contribution in [1.82, 2.24) is 4.98 Å². The number of hydrogen-bond donors (Lipinski definition) is 0. The lowest BCUT2D eigenvalue weighted by Gasteiger charge is -2.06. The molecule has 0 atom stereocenters. The van der Waals surface area contributed by atoms with Gasteiger partial charge in [-0.25, -0.2) is 9.78 Å². The number of thiazole rings is 1. The van der Waals surface area contributed by atoms with Crippen LogP contribution in [-0.4, -0.2) is 37.4 Å². The van der Waals surface area contributed by atoms with Gasteiger partial charge in [-0.1, -0.05) is 47.3 Å². The van der Waals surface area contributed by atoms with Crippen LogP contribution in [0.15, 0.2) is 35.9 Å². The van der Waals surface area contributed by atoms with Crippen molar-refractivity contribution >= 4 is 28.2 Å². The van der Waals surface area contributed by atoms with Gasteiger partial charge in [-0.05, 0) is 24.5 Å². The third kappa shape index (κ3) is 5.26. The maximum atomic E-state index is 12.2. The summed E-state index contributed by atoms with van der Waals surface area (Å²) in [5.41, 5.74) is 4.05. The van der Waals surface area contributed by atoms with Gasteiger partial charge in [0, 0.05) is 33.4 Å². The molecule has 27 heavy (non-hydrogen) atoms. The molecule has 0 saturated heterocycles. The molecule has 0 aliphatic heterocycles. The number of Topliss-reactive ketones (excluding diaryl/α,β-unsaturated/α-hetero) is 1. The van der Waals surface area contributed by atoms with Crippen LogP contribution < -0.4 is 4.90 Å². The lowest BCUT2D eigenvalue weighted by Crippen LogP contribution is -2.08. The summed E-state index contributed by atoms with van der Waals surface area (Å²) in [6.45, 7) is 2.14. The Labute approximate surface area is 163 Å². The minimum atomic E-state index is -0.324. The van der Waals surface area contributed by atoms with Crippen LogP contribution >= 0.6 is 11.3 Å². The molecule has 0 unspecified atom stereocenters. The van der Waals surface area contributed by atoms with E-state index in [0.29, 0.717) is 30.7 Å². The molecule has 5 nitrogen and oxygen atoms in total. The Balaban J connectivity index is 1.71. The first-order chi connectivity index (χ1) is 13.0. The van der Waals surface area contributed by atoms with Crippen molar-refractivity contribution in [2.75, 3.05) is 25.6 Å². The molecule has 1 heterocycles. The first kappa shape index (κ1) is 19.3. The number of rotatable bonds is 9. The summed E-state index contributed by atoms with van der Waals surface area (Å²) in [5.74, 6) is -0.0686. The predicted octanol–water partition coefficient (Wildman–Crippen LogP) is 3.81. The molecule has 3 rings (SSSR count). The molecule has 0 bridgehead atoms. The summed E-state index contributed by atoms with van der Waals surface area (Å²) in [5, 5.41) is 0.782. The van der Waals surface area contributed by atoms with Gasteiger partial charge in [0.2, 0.25) is 0 Å². The summed E-state index contributed by atoms with van der Waals surface area (Å²) in [7, 11) is 3.81. The monoisotopic (exact) mass is 384 g/mol. The van der Waals surface area contributed by atoms with Gasteiger partial charge in [0.05, 0.1) is 12.3 Å². The molecule has 0 amide bonds. The average Bonchev–Trinajstić information content (AvgIpc) is 3.32. The van der Waals surface area contributed by atoms with E-state index in [1.165, 1.54) is 16.9 Å². The van der Waals surface area contributed by atoms with Crippen molar-refractivity contribution in [3.63, 3.8) is 0 Å². The number of allylic oxidation sites excluding steroid dienone is 2. The molecule has 1 aliphatic rings. The van der Waals surface area contributed by atoms with Crippen molar-refractivity contribution in [2.45, 2.75) is 32.6 Å². The van der Waals surface area contributed by atoms with Crippen molar-refractivity contribution in [2.24, 2.45) is 0 Å². The fraction of sp³-hybridized carbons (Fsp3) is 0.381. The normalized spacial score (nSPS) is 12.5. The number of carbonyl (C=O) groups excluding carboxylic acids is 2. The smallest absolute Gasteiger partial charge is 0.350 e. The van der Waals surface area contributed by atoms with Crippen LogP contribution in [0.5, 0.6) is 0 Å². The molecule has 0 spiro atoms. The summed E-state index contributed by atoms with van der Waals surface area (Å²) in [4.78, 5) is 31.3. The number of ketones is 1. The highest BCUT2D eigenvalue weighted by atomic mass is 32.1. The van der Waals surface area contributed by atoms with Gasteiger partial charge in [0.15, 0.2) is 5.13 Å². The van der Waals surface area contributed by atoms with Crippen LogP contribution in [0.25, 0.3) is 0 Å². The number of aromatic nitrogens is 1. The second kappa shape index (κ2) is 8.48. The zero-order valence-electron chi connectivity index (χ0n) is 15.9. The van der Waals surface area contributed by atoms with Crippen LogP contribution in [0.3, 0.4) is 0 Å². The van der Waals surface area contributed by atoms with Gasteiger partial charge in [0.1, 0.15) is 10.7 Å². The average molecular weight is 385 g/mol. The van der Waals surface area contributed by atoms with Crippen LogP contribution in [0, 0.1) is 0 Å². The molecular formula is C21H24N2O3S. The standard InChI is InChI=1S/C21H24N2O3S/c1-4-26-20(25)19-18(22-21(27-19)23(2)3)13-16-9-7-15(8-10-16)12-17(24)11-14-5-6-14/h5,7-10H,4,6,11-13H2,1-3H3.